The number of hydrogen-bond acceptors (Lipinski definition) is 5. The molecule has 0 spiro atoms. The summed E-state index contributed by atoms with van der Waals surface area (Å²) in [5, 5.41) is 0. The zero-order valence-electron chi connectivity index (χ0n) is 21.3. The molecule has 0 N–H and O–H groups in total. The first-order valence-electron chi connectivity index (χ1n) is 10.8. The van der Waals surface area contributed by atoms with E-state index >= 15 is 0 Å². The second-order valence-corrected chi connectivity index (χ2v) is 13.3. The minimum absolute atomic E-state index is 0.182. The van der Waals surface area contributed by atoms with Crippen molar-refractivity contribution in [2.24, 2.45) is 22.2 Å². The molecule has 0 aromatic heterocycles. The molecule has 178 valence electrons. The molecule has 0 aromatic rings. The number of halogens is 1. The van der Waals surface area contributed by atoms with Crippen molar-refractivity contribution >= 4 is 27.9 Å². The highest BCUT2D eigenvalue weighted by molar-refractivity contribution is 9.10. The van der Waals surface area contributed by atoms with Gasteiger partial charge in [-0.25, -0.2) is 0 Å². The fraction of sp³-hybridized carbons (Fsp3) is 0.917. The smallest absolute Gasteiger partial charge is 0.312 e. The molecule has 0 heterocycles. The first kappa shape index (κ1) is 29.4. The largest absolute Gasteiger partial charge is 0.469 e. The zero-order chi connectivity index (χ0) is 24.2. The first-order chi connectivity index (χ1) is 13.2. The number of ether oxygens (including phenoxy) is 3. The van der Waals surface area contributed by atoms with E-state index in [0.717, 1.165) is 6.42 Å². The summed E-state index contributed by atoms with van der Waals surface area (Å²) in [7, 11) is 1.40. The fourth-order valence-electron chi connectivity index (χ4n) is 3.16. The number of hydrogen-bond donors (Lipinski definition) is 0. The van der Waals surface area contributed by atoms with Gasteiger partial charge in [-0.1, -0.05) is 43.6 Å². The molecular formula is C24H45BrO5. The Morgan fingerprint density at radius 3 is 1.80 bits per heavy atom. The lowest BCUT2D eigenvalue weighted by atomic mass is 9.58. The van der Waals surface area contributed by atoms with Crippen molar-refractivity contribution in [2.45, 2.75) is 98.9 Å². The molecule has 0 aromatic carbocycles. The SMILES string of the molecule is COC(=O)C(C)(CC(C)(C)C(C)(C)C(=O)OCC(C)(C)OCCC(C)C)C(C)(C)Br. The molecule has 0 saturated heterocycles. The van der Waals surface area contributed by atoms with Gasteiger partial charge in [0.25, 0.3) is 0 Å². The predicted molar refractivity (Wildman–Crippen MR) is 126 cm³/mol. The van der Waals surface area contributed by atoms with Crippen molar-refractivity contribution in [3.63, 3.8) is 0 Å². The van der Waals surface area contributed by atoms with Crippen LogP contribution in [-0.4, -0.2) is 42.2 Å². The summed E-state index contributed by atoms with van der Waals surface area (Å²) in [6, 6.07) is 0. The quantitative estimate of drug-likeness (QED) is 0.241. The minimum atomic E-state index is -0.831. The number of rotatable bonds is 12. The van der Waals surface area contributed by atoms with Gasteiger partial charge in [0.05, 0.1) is 23.5 Å². The number of esters is 2. The van der Waals surface area contributed by atoms with Crippen LogP contribution in [0.5, 0.6) is 0 Å². The summed E-state index contributed by atoms with van der Waals surface area (Å²) in [5.74, 6) is -0.0418. The summed E-state index contributed by atoms with van der Waals surface area (Å²) in [6.45, 7) is 22.5. The highest BCUT2D eigenvalue weighted by atomic mass is 79.9. The van der Waals surface area contributed by atoms with Gasteiger partial charge in [-0.2, -0.15) is 0 Å². The van der Waals surface area contributed by atoms with Crippen LogP contribution in [0, 0.1) is 22.2 Å². The molecule has 1 unspecified atom stereocenters. The van der Waals surface area contributed by atoms with Crippen molar-refractivity contribution in [1.29, 1.82) is 0 Å². The molecule has 0 rings (SSSR count). The molecule has 1 atom stereocenters. The van der Waals surface area contributed by atoms with Gasteiger partial charge in [0.1, 0.15) is 6.61 Å². The lowest BCUT2D eigenvalue weighted by Crippen LogP contribution is -2.51. The minimum Gasteiger partial charge on any atom is -0.469 e. The second-order valence-electron chi connectivity index (χ2n) is 11.3. The molecule has 30 heavy (non-hydrogen) atoms. The van der Waals surface area contributed by atoms with E-state index in [-0.39, 0.29) is 18.5 Å². The third-order valence-electron chi connectivity index (χ3n) is 6.68. The number of alkyl halides is 1. The Labute approximate surface area is 193 Å². The Morgan fingerprint density at radius 2 is 1.40 bits per heavy atom. The normalized spacial score (nSPS) is 15.7. The van der Waals surface area contributed by atoms with Crippen molar-refractivity contribution in [3.05, 3.63) is 0 Å². The fourth-order valence-corrected chi connectivity index (χ4v) is 3.47. The van der Waals surface area contributed by atoms with Crippen molar-refractivity contribution < 1.29 is 23.8 Å². The third-order valence-corrected chi connectivity index (χ3v) is 7.56. The molecule has 5 nitrogen and oxygen atoms in total. The van der Waals surface area contributed by atoms with Crippen LogP contribution in [0.15, 0.2) is 0 Å². The molecule has 0 bridgehead atoms. The van der Waals surface area contributed by atoms with Crippen molar-refractivity contribution in [1.82, 2.24) is 0 Å². The van der Waals surface area contributed by atoms with Gasteiger partial charge in [-0.15, -0.1) is 0 Å². The predicted octanol–water partition coefficient (Wildman–Crippen LogP) is 6.17. The third kappa shape index (κ3) is 7.51. The van der Waals surface area contributed by atoms with Crippen LogP contribution in [0.25, 0.3) is 0 Å². The number of methoxy groups -OCH3 is 1. The van der Waals surface area contributed by atoms with E-state index in [4.69, 9.17) is 14.2 Å². The van der Waals surface area contributed by atoms with E-state index in [1.54, 1.807) is 0 Å². The number of carbonyl (C=O) groups excluding carboxylic acids is 2. The summed E-state index contributed by atoms with van der Waals surface area (Å²) in [6.07, 6.45) is 1.41. The van der Waals surface area contributed by atoms with Crippen LogP contribution in [0.2, 0.25) is 0 Å². The van der Waals surface area contributed by atoms with Crippen LogP contribution < -0.4 is 0 Å². The van der Waals surface area contributed by atoms with Crippen LogP contribution in [-0.2, 0) is 23.8 Å². The van der Waals surface area contributed by atoms with Crippen molar-refractivity contribution in [2.75, 3.05) is 20.3 Å². The van der Waals surface area contributed by atoms with Crippen LogP contribution in [0.1, 0.15) is 89.0 Å². The summed E-state index contributed by atoms with van der Waals surface area (Å²) >= 11 is 3.66. The maximum atomic E-state index is 13.1. The molecule has 0 radical (unpaired) electrons. The van der Waals surface area contributed by atoms with Gasteiger partial charge in [-0.05, 0) is 72.6 Å². The van der Waals surface area contributed by atoms with Crippen molar-refractivity contribution in [3.8, 4) is 0 Å². The highest BCUT2D eigenvalue weighted by Crippen LogP contribution is 2.53. The molecular weight excluding hydrogens is 448 g/mol. The molecule has 6 heteroatoms. The standard InChI is InChI=1S/C24H45BrO5/c1-17(2)13-14-30-21(5,6)16-29-18(26)22(7,8)20(3,4)15-24(11,19(27)28-12)23(9,10)25/h17H,13-16H2,1-12H3. The molecule has 0 saturated carbocycles. The molecule has 0 aliphatic heterocycles. The van der Waals surface area contributed by atoms with E-state index in [1.807, 2.05) is 62.3 Å². The van der Waals surface area contributed by atoms with Crippen LogP contribution in [0.3, 0.4) is 0 Å². The Morgan fingerprint density at radius 1 is 0.900 bits per heavy atom. The lowest BCUT2D eigenvalue weighted by Gasteiger charge is -2.48. The van der Waals surface area contributed by atoms with E-state index in [2.05, 4.69) is 29.8 Å². The first-order valence-corrected chi connectivity index (χ1v) is 11.6. The average molecular weight is 494 g/mol. The highest BCUT2D eigenvalue weighted by Gasteiger charge is 2.55. The maximum absolute atomic E-state index is 13.1. The Balaban J connectivity index is 5.38. The monoisotopic (exact) mass is 492 g/mol. The van der Waals surface area contributed by atoms with E-state index in [9.17, 15) is 9.59 Å². The van der Waals surface area contributed by atoms with Crippen LogP contribution >= 0.6 is 15.9 Å². The Hall–Kier alpha value is -0.620. The molecule has 0 fully saturated rings. The topological polar surface area (TPSA) is 61.8 Å². The molecule has 0 aliphatic carbocycles. The second kappa shape index (κ2) is 10.3. The van der Waals surface area contributed by atoms with Gasteiger partial charge in [0.2, 0.25) is 0 Å². The summed E-state index contributed by atoms with van der Waals surface area (Å²) in [5.41, 5.74) is -2.75. The van der Waals surface area contributed by atoms with Crippen LogP contribution in [0.4, 0.5) is 0 Å². The zero-order valence-corrected chi connectivity index (χ0v) is 22.9. The summed E-state index contributed by atoms with van der Waals surface area (Å²) in [4.78, 5) is 25.8. The van der Waals surface area contributed by atoms with Gasteiger partial charge in [0.15, 0.2) is 0 Å². The van der Waals surface area contributed by atoms with Gasteiger partial charge < -0.3 is 14.2 Å². The average Bonchev–Trinajstić information content (AvgIpc) is 2.56. The lowest BCUT2D eigenvalue weighted by molar-refractivity contribution is -0.174. The van der Waals surface area contributed by atoms with Gasteiger partial charge >= 0.3 is 11.9 Å². The van der Waals surface area contributed by atoms with Gasteiger partial charge in [-0.3, -0.25) is 9.59 Å². The summed E-state index contributed by atoms with van der Waals surface area (Å²) < 4.78 is 16.2. The van der Waals surface area contributed by atoms with Gasteiger partial charge in [0, 0.05) is 10.9 Å². The Kier molecular flexibility index (Phi) is 10.1. The van der Waals surface area contributed by atoms with E-state index < -0.39 is 26.2 Å². The number of carbonyl (C=O) groups is 2. The maximum Gasteiger partial charge on any atom is 0.312 e. The van der Waals surface area contributed by atoms with E-state index in [0.29, 0.717) is 18.9 Å². The Bertz CT molecular complexity index is 587. The molecule has 0 amide bonds. The van der Waals surface area contributed by atoms with E-state index in [1.165, 1.54) is 7.11 Å². The molecule has 0 aliphatic rings.